The predicted octanol–water partition coefficient (Wildman–Crippen LogP) is 1.31. The largest absolute Gasteiger partial charge is 0.481 e. The lowest BCUT2D eigenvalue weighted by molar-refractivity contribution is -0.137. The molecular weight excluding hydrogens is 484 g/mol. The molecule has 2 heterocycles. The molecule has 3 aromatic rings. The van der Waals surface area contributed by atoms with Crippen molar-refractivity contribution in [2.45, 2.75) is 17.5 Å². The Morgan fingerprint density at radius 3 is 2.11 bits per heavy atom. The van der Waals surface area contributed by atoms with Gasteiger partial charge in [-0.1, -0.05) is 18.2 Å². The summed E-state index contributed by atoms with van der Waals surface area (Å²) in [6.45, 7) is 3.02. The standard InChI is InChI=1S/C24H26N6O5S/c31-22(32)17-21(28-36(34,35)20-5-2-1-3-6-20)27-23(33)18-7-9-19(10-8-18)29-13-15-30(16-14-29)24-25-11-4-12-26-24/h1-12,21,28H,13-17H2,(H,27,33)(H,31,32). The normalized spacial score (nSPS) is 14.8. The van der Waals surface area contributed by atoms with Crippen molar-refractivity contribution in [1.29, 1.82) is 0 Å². The number of benzene rings is 2. The van der Waals surface area contributed by atoms with Crippen LogP contribution in [0.3, 0.4) is 0 Å². The smallest absolute Gasteiger partial charge is 0.306 e. The number of carbonyl (C=O) groups is 2. The van der Waals surface area contributed by atoms with E-state index in [0.717, 1.165) is 31.9 Å². The molecule has 1 fully saturated rings. The second-order valence-corrected chi connectivity index (χ2v) is 9.84. The first-order chi connectivity index (χ1) is 17.3. The van der Waals surface area contributed by atoms with E-state index in [1.165, 1.54) is 12.1 Å². The summed E-state index contributed by atoms with van der Waals surface area (Å²) in [6, 6.07) is 16.2. The minimum atomic E-state index is -4.03. The fraction of sp³-hybridized carbons (Fsp3) is 0.250. The van der Waals surface area contributed by atoms with Crippen LogP contribution in [0.4, 0.5) is 11.6 Å². The molecule has 1 atom stereocenters. The van der Waals surface area contributed by atoms with Crippen LogP contribution in [0.1, 0.15) is 16.8 Å². The van der Waals surface area contributed by atoms with Crippen molar-refractivity contribution >= 4 is 33.5 Å². The monoisotopic (exact) mass is 510 g/mol. The molecule has 0 saturated carbocycles. The summed E-state index contributed by atoms with van der Waals surface area (Å²) in [6.07, 6.45) is 1.48. The van der Waals surface area contributed by atoms with Crippen LogP contribution >= 0.6 is 0 Å². The van der Waals surface area contributed by atoms with Crippen LogP contribution in [-0.2, 0) is 14.8 Å². The summed E-state index contributed by atoms with van der Waals surface area (Å²) in [5.41, 5.74) is 1.22. The van der Waals surface area contributed by atoms with Gasteiger partial charge in [0.2, 0.25) is 16.0 Å². The first-order valence-corrected chi connectivity index (χ1v) is 12.8. The number of carbonyl (C=O) groups excluding carboxylic acids is 1. The molecule has 3 N–H and O–H groups in total. The number of carboxylic acid groups (broad SMARTS) is 1. The molecule has 0 bridgehead atoms. The number of piperazine rings is 1. The molecule has 36 heavy (non-hydrogen) atoms. The molecule has 0 radical (unpaired) electrons. The fourth-order valence-electron chi connectivity index (χ4n) is 3.84. The van der Waals surface area contributed by atoms with Crippen LogP contribution in [-0.4, -0.2) is 67.7 Å². The number of sulfonamides is 1. The van der Waals surface area contributed by atoms with E-state index in [2.05, 4.69) is 29.8 Å². The molecule has 188 valence electrons. The van der Waals surface area contributed by atoms with E-state index in [0.29, 0.717) is 5.95 Å². The minimum Gasteiger partial charge on any atom is -0.481 e. The topological polar surface area (TPSA) is 145 Å². The lowest BCUT2D eigenvalue weighted by Gasteiger charge is -2.36. The molecule has 1 aliphatic rings. The minimum absolute atomic E-state index is 0.0297. The van der Waals surface area contributed by atoms with Gasteiger partial charge >= 0.3 is 5.97 Å². The van der Waals surface area contributed by atoms with Crippen molar-refractivity contribution in [3.05, 3.63) is 78.6 Å². The summed E-state index contributed by atoms with van der Waals surface area (Å²) >= 11 is 0. The highest BCUT2D eigenvalue weighted by Gasteiger charge is 2.24. The van der Waals surface area contributed by atoms with Crippen molar-refractivity contribution < 1.29 is 23.1 Å². The first-order valence-electron chi connectivity index (χ1n) is 11.3. The Balaban J connectivity index is 1.38. The number of aliphatic carboxylic acids is 1. The third-order valence-electron chi connectivity index (χ3n) is 5.64. The Kier molecular flexibility index (Phi) is 7.76. The third-order valence-corrected chi connectivity index (χ3v) is 7.13. The van der Waals surface area contributed by atoms with E-state index >= 15 is 0 Å². The van der Waals surface area contributed by atoms with Crippen LogP contribution in [0.25, 0.3) is 0 Å². The molecular formula is C24H26N6O5S. The summed E-state index contributed by atoms with van der Waals surface area (Å²) in [4.78, 5) is 36.9. The van der Waals surface area contributed by atoms with Crippen LogP contribution in [0.15, 0.2) is 78.0 Å². The van der Waals surface area contributed by atoms with Gasteiger partial charge in [0.15, 0.2) is 0 Å². The zero-order valence-corrected chi connectivity index (χ0v) is 20.1. The Hall–Kier alpha value is -4.03. The predicted molar refractivity (Wildman–Crippen MR) is 133 cm³/mol. The lowest BCUT2D eigenvalue weighted by Crippen LogP contribution is -2.49. The van der Waals surface area contributed by atoms with Gasteiger partial charge in [-0.2, -0.15) is 4.72 Å². The average molecular weight is 511 g/mol. The van der Waals surface area contributed by atoms with Crippen LogP contribution in [0.2, 0.25) is 0 Å². The lowest BCUT2D eigenvalue weighted by atomic mass is 10.1. The number of hydrogen-bond acceptors (Lipinski definition) is 8. The maximum atomic E-state index is 12.8. The molecule has 1 saturated heterocycles. The van der Waals surface area contributed by atoms with Gasteiger partial charge in [0, 0.05) is 49.8 Å². The van der Waals surface area contributed by atoms with Crippen molar-refractivity contribution in [3.8, 4) is 0 Å². The molecule has 2 aromatic carbocycles. The first kappa shape index (κ1) is 25.1. The summed E-state index contributed by atoms with van der Waals surface area (Å²) in [7, 11) is -4.03. The quantitative estimate of drug-likeness (QED) is 0.363. The average Bonchev–Trinajstić information content (AvgIpc) is 2.89. The maximum Gasteiger partial charge on any atom is 0.306 e. The van der Waals surface area contributed by atoms with Gasteiger partial charge in [0.1, 0.15) is 6.17 Å². The number of carboxylic acids is 1. The van der Waals surface area contributed by atoms with E-state index in [1.807, 2.05) is 12.1 Å². The van der Waals surface area contributed by atoms with E-state index in [4.69, 9.17) is 0 Å². The number of anilines is 2. The van der Waals surface area contributed by atoms with Gasteiger partial charge in [-0.15, -0.1) is 0 Å². The van der Waals surface area contributed by atoms with Crippen molar-refractivity contribution in [2.24, 2.45) is 0 Å². The summed E-state index contributed by atoms with van der Waals surface area (Å²) in [5.74, 6) is -1.15. The van der Waals surface area contributed by atoms with E-state index < -0.39 is 34.5 Å². The Bertz CT molecular complexity index is 1280. The molecule has 0 spiro atoms. The number of nitrogens with one attached hydrogen (secondary N) is 2. The van der Waals surface area contributed by atoms with E-state index in [1.54, 1.807) is 48.8 Å². The van der Waals surface area contributed by atoms with Gasteiger partial charge in [-0.05, 0) is 42.5 Å². The summed E-state index contributed by atoms with van der Waals surface area (Å²) in [5, 5.41) is 11.7. The molecule has 4 rings (SSSR count). The number of rotatable bonds is 9. The highest BCUT2D eigenvalue weighted by Crippen LogP contribution is 2.19. The Morgan fingerprint density at radius 2 is 1.50 bits per heavy atom. The van der Waals surface area contributed by atoms with E-state index in [9.17, 15) is 23.1 Å². The number of aromatic nitrogens is 2. The Labute approximate surface area is 208 Å². The Morgan fingerprint density at radius 1 is 0.889 bits per heavy atom. The van der Waals surface area contributed by atoms with Gasteiger partial charge in [0.05, 0.1) is 11.3 Å². The maximum absolute atomic E-state index is 12.8. The molecule has 11 nitrogen and oxygen atoms in total. The van der Waals surface area contributed by atoms with Crippen molar-refractivity contribution in [2.75, 3.05) is 36.0 Å². The zero-order chi connectivity index (χ0) is 25.5. The van der Waals surface area contributed by atoms with Crippen molar-refractivity contribution in [3.63, 3.8) is 0 Å². The molecule has 0 aliphatic carbocycles. The molecule has 1 unspecified atom stereocenters. The van der Waals surface area contributed by atoms with Crippen molar-refractivity contribution in [1.82, 2.24) is 20.0 Å². The highest BCUT2D eigenvalue weighted by atomic mass is 32.2. The van der Waals surface area contributed by atoms with E-state index in [-0.39, 0.29) is 10.5 Å². The van der Waals surface area contributed by atoms with Crippen LogP contribution < -0.4 is 19.8 Å². The number of hydrogen-bond donors (Lipinski definition) is 3. The third kappa shape index (κ3) is 6.34. The molecule has 1 amide bonds. The molecule has 1 aliphatic heterocycles. The van der Waals surface area contributed by atoms with Gasteiger partial charge in [-0.3, -0.25) is 9.59 Å². The second-order valence-electron chi connectivity index (χ2n) is 8.13. The molecule has 1 aromatic heterocycles. The van der Waals surface area contributed by atoms with Crippen LogP contribution in [0, 0.1) is 0 Å². The zero-order valence-electron chi connectivity index (χ0n) is 19.3. The van der Waals surface area contributed by atoms with Crippen LogP contribution in [0.5, 0.6) is 0 Å². The van der Waals surface area contributed by atoms with Gasteiger partial charge in [0.25, 0.3) is 5.91 Å². The van der Waals surface area contributed by atoms with Gasteiger partial charge in [-0.25, -0.2) is 18.4 Å². The SMILES string of the molecule is O=C(O)CC(NC(=O)c1ccc(N2CCN(c3ncccn3)CC2)cc1)NS(=O)(=O)c1ccccc1. The second kappa shape index (κ2) is 11.1. The fourth-order valence-corrected chi connectivity index (χ4v) is 5.00. The highest BCUT2D eigenvalue weighted by molar-refractivity contribution is 7.89. The number of nitrogens with zero attached hydrogens (tertiary/aromatic N) is 4. The molecule has 12 heteroatoms. The number of amides is 1. The van der Waals surface area contributed by atoms with Gasteiger partial charge < -0.3 is 20.2 Å². The summed E-state index contributed by atoms with van der Waals surface area (Å²) < 4.78 is 27.5.